The summed E-state index contributed by atoms with van der Waals surface area (Å²) in [5, 5.41) is 0. The van der Waals surface area contributed by atoms with Crippen LogP contribution < -0.4 is 11.5 Å². The molecule has 0 unspecified atom stereocenters. The Morgan fingerprint density at radius 1 is 1.24 bits per heavy atom. The number of aromatic amines is 1. The summed E-state index contributed by atoms with van der Waals surface area (Å²) in [5.74, 6) is -1.28. The number of nitrogens with one attached hydrogen (secondary N) is 1. The summed E-state index contributed by atoms with van der Waals surface area (Å²) >= 11 is 0. The van der Waals surface area contributed by atoms with Crippen LogP contribution in [0.25, 0.3) is 11.4 Å². The molecule has 7 nitrogen and oxygen atoms in total. The Labute approximate surface area is 95.9 Å². The van der Waals surface area contributed by atoms with E-state index < -0.39 is 11.8 Å². The fraction of sp³-hybridized carbons (Fsp3) is 0. The van der Waals surface area contributed by atoms with E-state index in [1.807, 2.05) is 0 Å². The van der Waals surface area contributed by atoms with Gasteiger partial charge in [-0.2, -0.15) is 0 Å². The molecule has 0 bridgehead atoms. The molecular formula is C10H9N5O2. The largest absolute Gasteiger partial charge is 0.364 e. The van der Waals surface area contributed by atoms with Crippen molar-refractivity contribution in [1.29, 1.82) is 0 Å². The lowest BCUT2D eigenvalue weighted by Gasteiger charge is -1.93. The van der Waals surface area contributed by atoms with Crippen molar-refractivity contribution in [2.75, 3.05) is 0 Å². The van der Waals surface area contributed by atoms with Gasteiger partial charge in [-0.05, 0) is 12.1 Å². The topological polar surface area (TPSA) is 128 Å². The fourth-order valence-electron chi connectivity index (χ4n) is 1.37. The Hall–Kier alpha value is -2.70. The van der Waals surface area contributed by atoms with Crippen LogP contribution in [-0.4, -0.2) is 26.8 Å². The molecule has 0 radical (unpaired) electrons. The van der Waals surface area contributed by atoms with Crippen molar-refractivity contribution in [3.05, 3.63) is 35.9 Å². The SMILES string of the molecule is NC(=O)c1nc(-c2cccnc2)[nH]c1C(N)=O. The second-order valence-corrected chi connectivity index (χ2v) is 3.28. The van der Waals surface area contributed by atoms with Crippen LogP contribution in [0.5, 0.6) is 0 Å². The van der Waals surface area contributed by atoms with Crippen molar-refractivity contribution in [3.63, 3.8) is 0 Å². The van der Waals surface area contributed by atoms with Crippen molar-refractivity contribution >= 4 is 11.8 Å². The number of carbonyl (C=O) groups is 2. The second kappa shape index (κ2) is 4.05. The molecule has 0 aliphatic carbocycles. The molecule has 2 aromatic heterocycles. The van der Waals surface area contributed by atoms with Crippen LogP contribution in [0.2, 0.25) is 0 Å². The molecule has 0 saturated heterocycles. The lowest BCUT2D eigenvalue weighted by molar-refractivity contribution is 0.0962. The molecule has 0 fully saturated rings. The van der Waals surface area contributed by atoms with Gasteiger partial charge in [-0.1, -0.05) is 0 Å². The van der Waals surface area contributed by atoms with E-state index >= 15 is 0 Å². The first-order chi connectivity index (χ1) is 8.09. The third kappa shape index (κ3) is 1.98. The van der Waals surface area contributed by atoms with Crippen molar-refractivity contribution in [3.8, 4) is 11.4 Å². The van der Waals surface area contributed by atoms with Gasteiger partial charge in [-0.15, -0.1) is 0 Å². The van der Waals surface area contributed by atoms with Gasteiger partial charge in [-0.25, -0.2) is 4.98 Å². The first-order valence-electron chi connectivity index (χ1n) is 4.69. The Morgan fingerprint density at radius 3 is 2.47 bits per heavy atom. The van der Waals surface area contributed by atoms with E-state index in [4.69, 9.17) is 11.5 Å². The average Bonchev–Trinajstić information content (AvgIpc) is 2.75. The van der Waals surface area contributed by atoms with Gasteiger partial charge in [0.15, 0.2) is 5.69 Å². The maximum absolute atomic E-state index is 11.1. The van der Waals surface area contributed by atoms with Gasteiger partial charge in [0.1, 0.15) is 11.5 Å². The van der Waals surface area contributed by atoms with E-state index in [-0.39, 0.29) is 11.4 Å². The number of amides is 2. The highest BCUT2D eigenvalue weighted by Gasteiger charge is 2.19. The second-order valence-electron chi connectivity index (χ2n) is 3.28. The zero-order valence-corrected chi connectivity index (χ0v) is 8.68. The van der Waals surface area contributed by atoms with Crippen LogP contribution >= 0.6 is 0 Å². The lowest BCUT2D eigenvalue weighted by atomic mass is 10.3. The Bertz CT molecular complexity index is 544. The molecule has 0 spiro atoms. The van der Waals surface area contributed by atoms with Crippen LogP contribution in [0.1, 0.15) is 21.0 Å². The predicted molar refractivity (Wildman–Crippen MR) is 58.9 cm³/mol. The average molecular weight is 231 g/mol. The third-order valence-corrected chi connectivity index (χ3v) is 2.12. The van der Waals surface area contributed by atoms with Crippen LogP contribution in [-0.2, 0) is 0 Å². The number of primary amides is 2. The summed E-state index contributed by atoms with van der Waals surface area (Å²) in [6.45, 7) is 0. The summed E-state index contributed by atoms with van der Waals surface area (Å²) in [6.07, 6.45) is 3.13. The molecule has 7 heteroatoms. The van der Waals surface area contributed by atoms with Gasteiger partial charge in [0.25, 0.3) is 11.8 Å². The first kappa shape index (κ1) is 10.8. The monoisotopic (exact) mass is 231 g/mol. The minimum atomic E-state index is -0.815. The van der Waals surface area contributed by atoms with E-state index in [2.05, 4.69) is 15.0 Å². The molecule has 0 aromatic carbocycles. The lowest BCUT2D eigenvalue weighted by Crippen LogP contribution is -2.20. The highest BCUT2D eigenvalue weighted by molar-refractivity contribution is 6.04. The molecule has 5 N–H and O–H groups in total. The summed E-state index contributed by atoms with van der Waals surface area (Å²) in [5.41, 5.74) is 10.6. The van der Waals surface area contributed by atoms with Gasteiger partial charge in [0.05, 0.1) is 0 Å². The molecule has 0 aliphatic rings. The van der Waals surface area contributed by atoms with E-state index in [0.29, 0.717) is 11.4 Å². The summed E-state index contributed by atoms with van der Waals surface area (Å²) in [4.78, 5) is 32.7. The Kier molecular flexibility index (Phi) is 2.57. The molecule has 2 rings (SSSR count). The quantitative estimate of drug-likeness (QED) is 0.668. The number of nitrogens with zero attached hydrogens (tertiary/aromatic N) is 2. The van der Waals surface area contributed by atoms with Gasteiger partial charge < -0.3 is 16.5 Å². The normalized spacial score (nSPS) is 10.1. The van der Waals surface area contributed by atoms with E-state index in [9.17, 15) is 9.59 Å². The number of pyridine rings is 1. The molecule has 0 saturated carbocycles. The maximum atomic E-state index is 11.1. The number of H-pyrrole nitrogens is 1. The summed E-state index contributed by atoms with van der Waals surface area (Å²) in [6, 6.07) is 3.42. The molecule has 2 amide bonds. The smallest absolute Gasteiger partial charge is 0.269 e. The van der Waals surface area contributed by atoms with E-state index in [1.165, 1.54) is 6.20 Å². The Morgan fingerprint density at radius 2 is 2.00 bits per heavy atom. The third-order valence-electron chi connectivity index (χ3n) is 2.12. The highest BCUT2D eigenvalue weighted by Crippen LogP contribution is 2.16. The van der Waals surface area contributed by atoms with E-state index in [0.717, 1.165) is 0 Å². The molecule has 2 heterocycles. The van der Waals surface area contributed by atoms with E-state index in [1.54, 1.807) is 18.3 Å². The minimum Gasteiger partial charge on any atom is -0.364 e. The molecule has 86 valence electrons. The number of nitrogens with two attached hydrogens (primary N) is 2. The van der Waals surface area contributed by atoms with Crippen LogP contribution in [0.15, 0.2) is 24.5 Å². The Balaban J connectivity index is 2.55. The zero-order chi connectivity index (χ0) is 12.4. The van der Waals surface area contributed by atoms with Crippen molar-refractivity contribution in [2.24, 2.45) is 11.5 Å². The molecular weight excluding hydrogens is 222 g/mol. The molecule has 17 heavy (non-hydrogen) atoms. The van der Waals surface area contributed by atoms with Crippen LogP contribution in [0, 0.1) is 0 Å². The number of carbonyl (C=O) groups excluding carboxylic acids is 2. The minimum absolute atomic E-state index is 0.101. The molecule has 0 aliphatic heterocycles. The number of hydrogen-bond donors (Lipinski definition) is 3. The predicted octanol–water partition coefficient (Wildman–Crippen LogP) is -0.330. The standard InChI is InChI=1S/C10H9N5O2/c11-8(16)6-7(9(12)17)15-10(14-6)5-2-1-3-13-4-5/h1-4H,(H2,11,16)(H2,12,17)(H,14,15). The van der Waals surface area contributed by atoms with Gasteiger partial charge in [0.2, 0.25) is 0 Å². The van der Waals surface area contributed by atoms with Gasteiger partial charge in [-0.3, -0.25) is 14.6 Å². The van der Waals surface area contributed by atoms with Crippen LogP contribution in [0.3, 0.4) is 0 Å². The summed E-state index contributed by atoms with van der Waals surface area (Å²) in [7, 11) is 0. The number of hydrogen-bond acceptors (Lipinski definition) is 4. The van der Waals surface area contributed by atoms with Crippen molar-refractivity contribution < 1.29 is 9.59 Å². The highest BCUT2D eigenvalue weighted by atomic mass is 16.2. The maximum Gasteiger partial charge on any atom is 0.269 e. The molecule has 0 atom stereocenters. The number of aromatic nitrogens is 3. The number of imidazole rings is 1. The molecule has 2 aromatic rings. The number of rotatable bonds is 3. The first-order valence-corrected chi connectivity index (χ1v) is 4.69. The zero-order valence-electron chi connectivity index (χ0n) is 8.68. The van der Waals surface area contributed by atoms with Crippen molar-refractivity contribution in [1.82, 2.24) is 15.0 Å². The van der Waals surface area contributed by atoms with Crippen LogP contribution in [0.4, 0.5) is 0 Å². The summed E-state index contributed by atoms with van der Waals surface area (Å²) < 4.78 is 0. The fourth-order valence-corrected chi connectivity index (χ4v) is 1.37. The van der Waals surface area contributed by atoms with Gasteiger partial charge >= 0.3 is 0 Å². The van der Waals surface area contributed by atoms with Crippen molar-refractivity contribution in [2.45, 2.75) is 0 Å². The van der Waals surface area contributed by atoms with Gasteiger partial charge in [0, 0.05) is 18.0 Å².